The zero-order chi connectivity index (χ0) is 15.6. The predicted octanol–water partition coefficient (Wildman–Crippen LogP) is 2.39. The summed E-state index contributed by atoms with van der Waals surface area (Å²) in [6.45, 7) is 1.15. The summed E-state index contributed by atoms with van der Waals surface area (Å²) in [7, 11) is 0. The maximum atomic E-state index is 12.4. The van der Waals surface area contributed by atoms with Crippen molar-refractivity contribution in [1.82, 2.24) is 24.8 Å². The molecule has 0 spiro atoms. The highest BCUT2D eigenvalue weighted by Crippen LogP contribution is 2.32. The average Bonchev–Trinajstić information content (AvgIpc) is 2.96. The number of amides is 2. The molecule has 1 aliphatic rings. The lowest BCUT2D eigenvalue weighted by molar-refractivity contribution is 0.115. The fourth-order valence-corrected chi connectivity index (χ4v) is 2.92. The van der Waals surface area contributed by atoms with Crippen molar-refractivity contribution in [2.75, 3.05) is 6.54 Å². The van der Waals surface area contributed by atoms with Gasteiger partial charge in [-0.15, -0.1) is 10.2 Å². The number of aromatic nitrogens is 3. The van der Waals surface area contributed by atoms with Crippen LogP contribution in [-0.4, -0.2) is 32.1 Å². The molecule has 2 aromatic heterocycles. The summed E-state index contributed by atoms with van der Waals surface area (Å²) in [6, 6.07) is 16.0. The lowest BCUT2D eigenvalue weighted by atomic mass is 9.95. The van der Waals surface area contributed by atoms with Crippen LogP contribution in [0.4, 0.5) is 4.79 Å². The van der Waals surface area contributed by atoms with E-state index in [-0.39, 0.29) is 12.1 Å². The molecule has 0 bridgehead atoms. The first kappa shape index (κ1) is 13.8. The van der Waals surface area contributed by atoms with Gasteiger partial charge < -0.3 is 10.2 Å². The van der Waals surface area contributed by atoms with Crippen LogP contribution in [0.2, 0.25) is 0 Å². The van der Waals surface area contributed by atoms with Crippen LogP contribution >= 0.6 is 0 Å². The number of nitrogens with zero attached hydrogens (tertiary/aromatic N) is 4. The smallest absolute Gasteiger partial charge is 0.318 e. The number of urea groups is 1. The molecule has 3 heterocycles. The van der Waals surface area contributed by atoms with E-state index in [2.05, 4.69) is 27.6 Å². The standard InChI is InChI=1S/C17H17N5O/c23-17(21-11-9-14(21)13-6-2-1-3-7-13)18-12-16-20-19-15-8-4-5-10-22(15)16/h1-8,10,14H,9,11-12H2,(H,18,23)/t14-/m0/s1. The van der Waals surface area contributed by atoms with Crippen molar-refractivity contribution in [3.8, 4) is 0 Å². The average molecular weight is 307 g/mol. The maximum Gasteiger partial charge on any atom is 0.318 e. The number of benzene rings is 1. The third kappa shape index (κ3) is 2.52. The normalized spacial score (nSPS) is 17.0. The van der Waals surface area contributed by atoms with Crippen molar-refractivity contribution in [1.29, 1.82) is 0 Å². The zero-order valence-electron chi connectivity index (χ0n) is 12.6. The van der Waals surface area contributed by atoms with Gasteiger partial charge in [-0.1, -0.05) is 36.4 Å². The topological polar surface area (TPSA) is 62.5 Å². The number of hydrogen-bond acceptors (Lipinski definition) is 3. The van der Waals surface area contributed by atoms with Crippen LogP contribution in [0, 0.1) is 0 Å². The number of carbonyl (C=O) groups excluding carboxylic acids is 1. The molecule has 1 aliphatic heterocycles. The van der Waals surface area contributed by atoms with Gasteiger partial charge >= 0.3 is 6.03 Å². The minimum atomic E-state index is -0.0576. The Bertz CT molecular complexity index is 829. The Morgan fingerprint density at radius 1 is 1.13 bits per heavy atom. The van der Waals surface area contributed by atoms with Crippen LogP contribution in [0.25, 0.3) is 5.65 Å². The van der Waals surface area contributed by atoms with E-state index in [9.17, 15) is 4.79 Å². The molecular formula is C17H17N5O. The van der Waals surface area contributed by atoms with Gasteiger partial charge in [0.05, 0.1) is 12.6 Å². The highest BCUT2D eigenvalue weighted by molar-refractivity contribution is 5.75. The minimum Gasteiger partial charge on any atom is -0.331 e. The lowest BCUT2D eigenvalue weighted by Crippen LogP contribution is -2.49. The van der Waals surface area contributed by atoms with E-state index in [1.807, 2.05) is 51.9 Å². The van der Waals surface area contributed by atoms with Crippen molar-refractivity contribution in [3.05, 3.63) is 66.1 Å². The molecule has 6 nitrogen and oxygen atoms in total. The van der Waals surface area contributed by atoms with Gasteiger partial charge in [0.25, 0.3) is 0 Å². The van der Waals surface area contributed by atoms with E-state index < -0.39 is 0 Å². The Kier molecular flexibility index (Phi) is 3.42. The fraction of sp³-hybridized carbons (Fsp3) is 0.235. The number of pyridine rings is 1. The monoisotopic (exact) mass is 307 g/mol. The van der Waals surface area contributed by atoms with Gasteiger partial charge in [-0.25, -0.2) is 4.79 Å². The van der Waals surface area contributed by atoms with Crippen LogP contribution in [0.3, 0.4) is 0 Å². The van der Waals surface area contributed by atoms with Crippen molar-refractivity contribution in [3.63, 3.8) is 0 Å². The van der Waals surface area contributed by atoms with Crippen molar-refractivity contribution >= 4 is 11.7 Å². The molecule has 1 atom stereocenters. The Balaban J connectivity index is 1.42. The van der Waals surface area contributed by atoms with Crippen molar-refractivity contribution in [2.45, 2.75) is 19.0 Å². The molecule has 1 saturated heterocycles. The van der Waals surface area contributed by atoms with E-state index in [1.165, 1.54) is 5.56 Å². The molecule has 0 saturated carbocycles. The number of rotatable bonds is 3. The summed E-state index contributed by atoms with van der Waals surface area (Å²) in [5, 5.41) is 11.2. The van der Waals surface area contributed by atoms with Gasteiger partial charge in [-0.3, -0.25) is 4.40 Å². The Hall–Kier alpha value is -2.89. The molecule has 1 fully saturated rings. The van der Waals surface area contributed by atoms with Crippen molar-refractivity contribution in [2.24, 2.45) is 0 Å². The van der Waals surface area contributed by atoms with Crippen LogP contribution in [0.15, 0.2) is 54.7 Å². The summed E-state index contributed by atoms with van der Waals surface area (Å²) in [5.41, 5.74) is 1.96. The molecule has 0 aliphatic carbocycles. The highest BCUT2D eigenvalue weighted by Gasteiger charge is 2.33. The fourth-order valence-electron chi connectivity index (χ4n) is 2.92. The lowest BCUT2D eigenvalue weighted by Gasteiger charge is -2.41. The minimum absolute atomic E-state index is 0.0576. The van der Waals surface area contributed by atoms with E-state index in [0.29, 0.717) is 6.54 Å². The van der Waals surface area contributed by atoms with Crippen molar-refractivity contribution < 1.29 is 4.79 Å². The number of carbonyl (C=O) groups is 1. The summed E-state index contributed by atoms with van der Waals surface area (Å²) >= 11 is 0. The quantitative estimate of drug-likeness (QED) is 0.808. The summed E-state index contributed by atoms with van der Waals surface area (Å²) in [5.74, 6) is 0.728. The molecule has 4 rings (SSSR count). The van der Waals surface area contributed by atoms with Crippen LogP contribution in [-0.2, 0) is 6.54 Å². The van der Waals surface area contributed by atoms with E-state index in [1.54, 1.807) is 0 Å². The van der Waals surface area contributed by atoms with Gasteiger partial charge in [0.2, 0.25) is 0 Å². The molecular weight excluding hydrogens is 290 g/mol. The molecule has 1 N–H and O–H groups in total. The molecule has 0 unspecified atom stereocenters. The number of fused-ring (bicyclic) bond motifs is 1. The third-order valence-corrected chi connectivity index (χ3v) is 4.25. The first-order valence-electron chi connectivity index (χ1n) is 7.71. The van der Waals surface area contributed by atoms with Gasteiger partial charge in [-0.2, -0.15) is 0 Å². The molecule has 2 amide bonds. The summed E-state index contributed by atoms with van der Waals surface area (Å²) in [4.78, 5) is 14.3. The van der Waals surface area contributed by atoms with Crippen LogP contribution in [0.5, 0.6) is 0 Å². The molecule has 116 valence electrons. The maximum absolute atomic E-state index is 12.4. The number of likely N-dealkylation sites (tertiary alicyclic amines) is 1. The molecule has 23 heavy (non-hydrogen) atoms. The van der Waals surface area contributed by atoms with E-state index in [0.717, 1.165) is 24.4 Å². The van der Waals surface area contributed by atoms with E-state index in [4.69, 9.17) is 0 Å². The van der Waals surface area contributed by atoms with Gasteiger partial charge in [0.1, 0.15) is 0 Å². The highest BCUT2D eigenvalue weighted by atomic mass is 16.2. The van der Waals surface area contributed by atoms with Gasteiger partial charge in [0.15, 0.2) is 11.5 Å². The van der Waals surface area contributed by atoms with Gasteiger partial charge in [-0.05, 0) is 24.1 Å². The predicted molar refractivity (Wildman–Crippen MR) is 85.7 cm³/mol. The van der Waals surface area contributed by atoms with E-state index >= 15 is 0 Å². The van der Waals surface area contributed by atoms with Crippen LogP contribution < -0.4 is 5.32 Å². The third-order valence-electron chi connectivity index (χ3n) is 4.25. The molecule has 3 aromatic rings. The van der Waals surface area contributed by atoms with Gasteiger partial charge in [0, 0.05) is 12.7 Å². The second-order valence-electron chi connectivity index (χ2n) is 5.61. The largest absolute Gasteiger partial charge is 0.331 e. The Labute approximate surface area is 133 Å². The number of hydrogen-bond donors (Lipinski definition) is 1. The number of nitrogens with one attached hydrogen (secondary N) is 1. The first-order chi connectivity index (χ1) is 11.3. The second kappa shape index (κ2) is 5.72. The molecule has 1 aromatic carbocycles. The summed E-state index contributed by atoms with van der Waals surface area (Å²) in [6.07, 6.45) is 2.90. The SMILES string of the molecule is O=C(NCc1nnc2ccccn12)N1CC[C@H]1c1ccccc1. The molecule has 0 radical (unpaired) electrons. The zero-order valence-corrected chi connectivity index (χ0v) is 12.6. The van der Waals surface area contributed by atoms with Crippen LogP contribution in [0.1, 0.15) is 23.9 Å². The second-order valence-corrected chi connectivity index (χ2v) is 5.61. The Morgan fingerprint density at radius 2 is 1.96 bits per heavy atom. The molecule has 6 heteroatoms. The Morgan fingerprint density at radius 3 is 2.74 bits per heavy atom. The first-order valence-corrected chi connectivity index (χ1v) is 7.71. The summed E-state index contributed by atoms with van der Waals surface area (Å²) < 4.78 is 1.88.